The van der Waals surface area contributed by atoms with Crippen LogP contribution in [0.1, 0.15) is 12.5 Å². The number of benzene rings is 1. The summed E-state index contributed by atoms with van der Waals surface area (Å²) < 4.78 is 0. The highest BCUT2D eigenvalue weighted by Gasteiger charge is 2.16. The molecule has 8 nitrogen and oxygen atoms in total. The fourth-order valence-corrected chi connectivity index (χ4v) is 1.39. The first kappa shape index (κ1) is 14.6. The van der Waals surface area contributed by atoms with Crippen molar-refractivity contribution in [1.29, 1.82) is 0 Å². The van der Waals surface area contributed by atoms with Gasteiger partial charge in [0.1, 0.15) is 5.75 Å². The molecule has 0 radical (unpaired) electrons. The van der Waals surface area contributed by atoms with Gasteiger partial charge in [0, 0.05) is 24.2 Å². The van der Waals surface area contributed by atoms with Gasteiger partial charge in [0.25, 0.3) is 0 Å². The van der Waals surface area contributed by atoms with Crippen LogP contribution in [0.5, 0.6) is 11.5 Å². The third-order valence-electron chi connectivity index (χ3n) is 2.03. The van der Waals surface area contributed by atoms with Crippen LogP contribution in [0.3, 0.4) is 0 Å². The molecule has 0 unspecified atom stereocenters. The molecule has 0 aliphatic heterocycles. The Balaban J connectivity index is 2.89. The minimum absolute atomic E-state index is 0.0799. The van der Waals surface area contributed by atoms with Gasteiger partial charge in [-0.1, -0.05) is 0 Å². The number of nitro groups is 1. The number of hydrazone groups is 1. The van der Waals surface area contributed by atoms with Crippen LogP contribution in [-0.2, 0) is 0 Å². The van der Waals surface area contributed by atoms with E-state index in [0.29, 0.717) is 6.54 Å². The number of thiocarbonyl (C=S) groups is 1. The predicted molar refractivity (Wildman–Crippen MR) is 73.4 cm³/mol. The Morgan fingerprint density at radius 1 is 1.53 bits per heavy atom. The summed E-state index contributed by atoms with van der Waals surface area (Å²) in [6, 6.07) is 1.88. The van der Waals surface area contributed by atoms with Gasteiger partial charge in [-0.3, -0.25) is 15.5 Å². The molecule has 0 aliphatic carbocycles. The van der Waals surface area contributed by atoms with Gasteiger partial charge in [-0.15, -0.1) is 0 Å². The molecule has 0 amide bonds. The third kappa shape index (κ3) is 4.07. The molecular formula is C10H12N4O4S. The molecule has 0 saturated heterocycles. The maximum Gasteiger partial charge on any atom is 0.311 e. The Labute approximate surface area is 113 Å². The maximum absolute atomic E-state index is 10.6. The monoisotopic (exact) mass is 284 g/mol. The molecule has 0 aromatic heterocycles. The van der Waals surface area contributed by atoms with Crippen molar-refractivity contribution < 1.29 is 15.1 Å². The van der Waals surface area contributed by atoms with Gasteiger partial charge < -0.3 is 15.5 Å². The van der Waals surface area contributed by atoms with Crippen molar-refractivity contribution in [3.8, 4) is 11.5 Å². The number of nitro benzene ring substituents is 1. The highest BCUT2D eigenvalue weighted by molar-refractivity contribution is 7.80. The van der Waals surface area contributed by atoms with Crippen LogP contribution in [0.2, 0.25) is 0 Å². The topological polar surface area (TPSA) is 120 Å². The van der Waals surface area contributed by atoms with Crippen LogP contribution < -0.4 is 10.7 Å². The molecule has 0 bridgehead atoms. The second kappa shape index (κ2) is 6.50. The zero-order valence-corrected chi connectivity index (χ0v) is 10.8. The number of aromatic hydroxyl groups is 2. The van der Waals surface area contributed by atoms with Gasteiger partial charge in [0.05, 0.1) is 11.1 Å². The van der Waals surface area contributed by atoms with E-state index in [1.165, 1.54) is 0 Å². The van der Waals surface area contributed by atoms with Crippen molar-refractivity contribution in [2.24, 2.45) is 5.10 Å². The molecule has 1 aromatic rings. The Bertz CT molecular complexity index is 533. The molecule has 102 valence electrons. The largest absolute Gasteiger partial charge is 0.507 e. The van der Waals surface area contributed by atoms with Gasteiger partial charge in [0.2, 0.25) is 0 Å². The number of phenols is 2. The molecule has 0 spiro atoms. The summed E-state index contributed by atoms with van der Waals surface area (Å²) in [6.07, 6.45) is 1.16. The summed E-state index contributed by atoms with van der Waals surface area (Å²) >= 11 is 4.84. The first-order valence-corrected chi connectivity index (χ1v) is 5.63. The second-order valence-corrected chi connectivity index (χ2v) is 3.79. The highest BCUT2D eigenvalue weighted by atomic mass is 32.1. The summed E-state index contributed by atoms with van der Waals surface area (Å²) in [5.41, 5.74) is 2.03. The summed E-state index contributed by atoms with van der Waals surface area (Å²) in [5, 5.41) is 36.2. The number of hydrogen-bond donors (Lipinski definition) is 4. The number of rotatable bonds is 4. The Kier molecular flexibility index (Phi) is 5.01. The summed E-state index contributed by atoms with van der Waals surface area (Å²) in [7, 11) is 0. The molecule has 4 N–H and O–H groups in total. The summed E-state index contributed by atoms with van der Waals surface area (Å²) in [6.45, 7) is 2.48. The first-order chi connectivity index (χ1) is 8.95. The lowest BCUT2D eigenvalue weighted by molar-refractivity contribution is -0.385. The quantitative estimate of drug-likeness (QED) is 0.279. The van der Waals surface area contributed by atoms with E-state index < -0.39 is 16.4 Å². The van der Waals surface area contributed by atoms with Crippen LogP contribution in [0.25, 0.3) is 0 Å². The lowest BCUT2D eigenvalue weighted by Gasteiger charge is -2.04. The Morgan fingerprint density at radius 2 is 2.21 bits per heavy atom. The zero-order chi connectivity index (χ0) is 14.4. The normalized spacial score (nSPS) is 10.4. The fourth-order valence-electron chi connectivity index (χ4n) is 1.19. The smallest absolute Gasteiger partial charge is 0.311 e. The van der Waals surface area contributed by atoms with Crippen molar-refractivity contribution in [1.82, 2.24) is 10.7 Å². The van der Waals surface area contributed by atoms with E-state index in [1.807, 2.05) is 6.92 Å². The minimum Gasteiger partial charge on any atom is -0.507 e. The van der Waals surface area contributed by atoms with Crippen LogP contribution >= 0.6 is 12.2 Å². The maximum atomic E-state index is 10.6. The lowest BCUT2D eigenvalue weighted by atomic mass is 10.2. The number of hydrogen-bond acceptors (Lipinski definition) is 6. The molecule has 1 rings (SSSR count). The molecule has 0 atom stereocenters. The Hall–Kier alpha value is -2.42. The average Bonchev–Trinajstić information content (AvgIpc) is 2.31. The molecule has 0 aliphatic rings. The van der Waals surface area contributed by atoms with Crippen molar-refractivity contribution >= 4 is 29.2 Å². The van der Waals surface area contributed by atoms with Gasteiger partial charge in [0.15, 0.2) is 10.9 Å². The second-order valence-electron chi connectivity index (χ2n) is 3.39. The van der Waals surface area contributed by atoms with Gasteiger partial charge in [-0.25, -0.2) is 0 Å². The van der Waals surface area contributed by atoms with Crippen molar-refractivity contribution in [3.05, 3.63) is 27.8 Å². The van der Waals surface area contributed by atoms with E-state index in [-0.39, 0.29) is 16.4 Å². The molecule has 9 heteroatoms. The van der Waals surface area contributed by atoms with E-state index in [0.717, 1.165) is 18.3 Å². The van der Waals surface area contributed by atoms with E-state index in [9.17, 15) is 20.3 Å². The predicted octanol–water partition coefficient (Wildman–Crippen LogP) is 0.824. The van der Waals surface area contributed by atoms with E-state index in [1.54, 1.807) is 0 Å². The molecule has 1 aromatic carbocycles. The SMILES string of the molecule is CCNC(=S)N/N=C/c1cc([N+](=O)[O-])c(O)cc1O. The number of nitrogens with zero attached hydrogens (tertiary/aromatic N) is 2. The van der Waals surface area contributed by atoms with Crippen LogP contribution in [0.15, 0.2) is 17.2 Å². The van der Waals surface area contributed by atoms with Crippen molar-refractivity contribution in [2.45, 2.75) is 6.92 Å². The first-order valence-electron chi connectivity index (χ1n) is 5.23. The highest BCUT2D eigenvalue weighted by Crippen LogP contribution is 2.31. The minimum atomic E-state index is -0.761. The van der Waals surface area contributed by atoms with Crippen LogP contribution in [0, 0.1) is 10.1 Å². The van der Waals surface area contributed by atoms with Crippen LogP contribution in [-0.4, -0.2) is 33.0 Å². The average molecular weight is 284 g/mol. The van der Waals surface area contributed by atoms with Gasteiger partial charge in [-0.2, -0.15) is 5.10 Å². The zero-order valence-electron chi connectivity index (χ0n) is 9.95. The van der Waals surface area contributed by atoms with Crippen molar-refractivity contribution in [3.63, 3.8) is 0 Å². The summed E-state index contributed by atoms with van der Waals surface area (Å²) in [4.78, 5) is 9.86. The van der Waals surface area contributed by atoms with Crippen LogP contribution in [0.4, 0.5) is 5.69 Å². The molecule has 0 heterocycles. The van der Waals surface area contributed by atoms with E-state index >= 15 is 0 Å². The standard InChI is InChI=1S/C10H12N4O4S/c1-2-11-10(19)13-12-5-6-3-7(14(17)18)9(16)4-8(6)15/h3-5,15-16H,2H2,1H3,(H2,11,13,19)/b12-5+. The molecule has 0 saturated carbocycles. The Morgan fingerprint density at radius 3 is 2.79 bits per heavy atom. The fraction of sp³-hybridized carbons (Fsp3) is 0.200. The molecule has 0 fully saturated rings. The summed E-state index contributed by atoms with van der Waals surface area (Å²) in [5.74, 6) is -0.946. The van der Waals surface area contributed by atoms with Gasteiger partial charge in [-0.05, 0) is 19.1 Å². The molecule has 19 heavy (non-hydrogen) atoms. The van der Waals surface area contributed by atoms with E-state index in [2.05, 4.69) is 15.8 Å². The van der Waals surface area contributed by atoms with Crippen molar-refractivity contribution in [2.75, 3.05) is 6.54 Å². The van der Waals surface area contributed by atoms with E-state index in [4.69, 9.17) is 12.2 Å². The van der Waals surface area contributed by atoms with Gasteiger partial charge >= 0.3 is 5.69 Å². The molecular weight excluding hydrogens is 272 g/mol. The number of nitrogens with one attached hydrogen (secondary N) is 2. The lowest BCUT2D eigenvalue weighted by Crippen LogP contribution is -2.31. The third-order valence-corrected chi connectivity index (χ3v) is 2.26. The number of phenolic OH excluding ortho intramolecular Hbond substituents is 2.